The highest BCUT2D eigenvalue weighted by Gasteiger charge is 2.36. The summed E-state index contributed by atoms with van der Waals surface area (Å²) in [6.45, 7) is 3.78. The molecule has 1 saturated heterocycles. The fourth-order valence-corrected chi connectivity index (χ4v) is 3.16. The van der Waals surface area contributed by atoms with Crippen LogP contribution in [0.4, 0.5) is 0 Å². The van der Waals surface area contributed by atoms with Crippen LogP contribution in [0.25, 0.3) is 0 Å². The van der Waals surface area contributed by atoms with Gasteiger partial charge < -0.3 is 14.2 Å². The number of rotatable bonds is 6. The Morgan fingerprint density at radius 2 is 2.12 bits per heavy atom. The number of methoxy groups -OCH3 is 1. The molecule has 1 amide bonds. The minimum absolute atomic E-state index is 0.0475. The van der Waals surface area contributed by atoms with E-state index in [0.29, 0.717) is 44.3 Å². The Kier molecular flexibility index (Phi) is 4.94. The number of likely N-dealkylation sites (tertiary alicyclic amines) is 1. The van der Waals surface area contributed by atoms with Gasteiger partial charge in [-0.05, 0) is 12.0 Å². The van der Waals surface area contributed by atoms with Gasteiger partial charge in [0, 0.05) is 31.9 Å². The third kappa shape index (κ3) is 3.64. The van der Waals surface area contributed by atoms with Crippen molar-refractivity contribution in [1.82, 2.24) is 15.0 Å². The van der Waals surface area contributed by atoms with Crippen LogP contribution >= 0.6 is 0 Å². The van der Waals surface area contributed by atoms with Crippen LogP contribution in [0.2, 0.25) is 0 Å². The summed E-state index contributed by atoms with van der Waals surface area (Å²) in [7, 11) is 1.64. The number of piperidine rings is 1. The van der Waals surface area contributed by atoms with E-state index < -0.39 is 0 Å². The zero-order valence-corrected chi connectivity index (χ0v) is 14.2. The molecule has 1 aromatic heterocycles. The molecule has 128 valence electrons. The molecule has 2 aromatic rings. The smallest absolute Gasteiger partial charge is 0.246 e. The quantitative estimate of drug-likeness (QED) is 0.813. The van der Waals surface area contributed by atoms with Crippen molar-refractivity contribution >= 4 is 5.91 Å². The number of hydrogen-bond donors (Lipinski definition) is 0. The summed E-state index contributed by atoms with van der Waals surface area (Å²) < 4.78 is 10.3. The first kappa shape index (κ1) is 16.6. The predicted octanol–water partition coefficient (Wildman–Crippen LogP) is 2.34. The molecule has 24 heavy (non-hydrogen) atoms. The molecule has 0 aliphatic carbocycles. The molecule has 1 fully saturated rings. The van der Waals surface area contributed by atoms with Gasteiger partial charge in [0.15, 0.2) is 5.82 Å². The summed E-state index contributed by atoms with van der Waals surface area (Å²) in [5.74, 6) is 1.23. The maximum atomic E-state index is 12.3. The van der Waals surface area contributed by atoms with Crippen LogP contribution in [0.5, 0.6) is 0 Å². The fourth-order valence-electron chi connectivity index (χ4n) is 3.16. The van der Waals surface area contributed by atoms with E-state index in [1.165, 1.54) is 5.56 Å². The van der Waals surface area contributed by atoms with E-state index in [1.54, 1.807) is 7.11 Å². The lowest BCUT2D eigenvalue weighted by molar-refractivity contribution is -0.136. The molecular formula is C18H23N3O3. The zero-order valence-electron chi connectivity index (χ0n) is 14.2. The number of amides is 1. The van der Waals surface area contributed by atoms with Crippen LogP contribution < -0.4 is 0 Å². The molecule has 6 nitrogen and oxygen atoms in total. The topological polar surface area (TPSA) is 68.5 Å². The molecule has 0 unspecified atom stereocenters. The second-order valence-corrected chi connectivity index (χ2v) is 6.52. The van der Waals surface area contributed by atoms with Gasteiger partial charge in [-0.15, -0.1) is 0 Å². The van der Waals surface area contributed by atoms with E-state index in [1.807, 2.05) is 23.1 Å². The highest BCUT2D eigenvalue weighted by Crippen LogP contribution is 2.34. The van der Waals surface area contributed by atoms with Crippen molar-refractivity contribution in [3.63, 3.8) is 0 Å². The average molecular weight is 329 g/mol. The monoisotopic (exact) mass is 329 g/mol. The summed E-state index contributed by atoms with van der Waals surface area (Å²) in [6.07, 6.45) is 2.00. The first-order valence-electron chi connectivity index (χ1n) is 8.24. The molecule has 1 atom stereocenters. The second-order valence-electron chi connectivity index (χ2n) is 6.52. The summed E-state index contributed by atoms with van der Waals surface area (Å²) >= 11 is 0. The summed E-state index contributed by atoms with van der Waals surface area (Å²) in [5, 5.41) is 3.93. The molecule has 0 saturated carbocycles. The van der Waals surface area contributed by atoms with Crippen LogP contribution in [0, 0.1) is 0 Å². The lowest BCUT2D eigenvalue weighted by atomic mass is 9.76. The van der Waals surface area contributed by atoms with Crippen LogP contribution in [-0.4, -0.2) is 41.2 Å². The van der Waals surface area contributed by atoms with Crippen LogP contribution in [0.1, 0.15) is 37.0 Å². The maximum absolute atomic E-state index is 12.3. The van der Waals surface area contributed by atoms with E-state index >= 15 is 0 Å². The third-order valence-electron chi connectivity index (χ3n) is 4.62. The van der Waals surface area contributed by atoms with E-state index in [9.17, 15) is 4.79 Å². The third-order valence-corrected chi connectivity index (χ3v) is 4.62. The van der Waals surface area contributed by atoms with Crippen molar-refractivity contribution in [1.29, 1.82) is 0 Å². The van der Waals surface area contributed by atoms with Gasteiger partial charge in [-0.1, -0.05) is 42.4 Å². The van der Waals surface area contributed by atoms with Crippen molar-refractivity contribution in [2.24, 2.45) is 0 Å². The summed E-state index contributed by atoms with van der Waals surface area (Å²) in [6, 6.07) is 10.4. The average Bonchev–Trinajstić information content (AvgIpc) is 3.05. The number of aromatic nitrogens is 2. The lowest BCUT2D eigenvalue weighted by Gasteiger charge is -2.40. The molecule has 2 heterocycles. The number of benzene rings is 1. The molecule has 0 spiro atoms. The predicted molar refractivity (Wildman–Crippen MR) is 88.3 cm³/mol. The molecule has 1 aromatic carbocycles. The summed E-state index contributed by atoms with van der Waals surface area (Å²) in [5.41, 5.74) is 1.21. The second kappa shape index (κ2) is 7.13. The summed E-state index contributed by atoms with van der Waals surface area (Å²) in [4.78, 5) is 18.5. The van der Waals surface area contributed by atoms with Crippen molar-refractivity contribution < 1.29 is 14.1 Å². The van der Waals surface area contributed by atoms with E-state index in [0.717, 1.165) is 6.42 Å². The Labute approximate surface area is 141 Å². The SMILES string of the molecule is COCCc1noc(CN2C[C@@](C)(c3ccccc3)CCC2=O)n1. The number of hydrogen-bond acceptors (Lipinski definition) is 5. The van der Waals surface area contributed by atoms with Gasteiger partial charge >= 0.3 is 0 Å². The Hall–Kier alpha value is -2.21. The minimum Gasteiger partial charge on any atom is -0.384 e. The molecule has 0 bridgehead atoms. The first-order valence-corrected chi connectivity index (χ1v) is 8.24. The Bertz CT molecular complexity index is 686. The Morgan fingerprint density at radius 1 is 1.33 bits per heavy atom. The van der Waals surface area contributed by atoms with Gasteiger partial charge in [-0.3, -0.25) is 4.79 Å². The molecule has 0 N–H and O–H groups in total. The van der Waals surface area contributed by atoms with Gasteiger partial charge in [0.05, 0.1) is 6.61 Å². The molecule has 6 heteroatoms. The molecule has 1 aliphatic heterocycles. The molecular weight excluding hydrogens is 306 g/mol. The largest absolute Gasteiger partial charge is 0.384 e. The fraction of sp³-hybridized carbons (Fsp3) is 0.500. The normalized spacial score (nSPS) is 21.2. The van der Waals surface area contributed by atoms with E-state index in [4.69, 9.17) is 9.26 Å². The first-order chi connectivity index (χ1) is 11.6. The Balaban J connectivity index is 1.70. The molecule has 1 aliphatic rings. The maximum Gasteiger partial charge on any atom is 0.246 e. The Morgan fingerprint density at radius 3 is 2.88 bits per heavy atom. The number of nitrogens with zero attached hydrogens (tertiary/aromatic N) is 3. The van der Waals surface area contributed by atoms with Crippen LogP contribution in [-0.2, 0) is 27.9 Å². The van der Waals surface area contributed by atoms with Crippen molar-refractivity contribution in [3.05, 3.63) is 47.6 Å². The van der Waals surface area contributed by atoms with Crippen molar-refractivity contribution in [2.45, 2.75) is 38.1 Å². The van der Waals surface area contributed by atoms with Gasteiger partial charge in [0.25, 0.3) is 0 Å². The molecule has 0 radical (unpaired) electrons. The van der Waals surface area contributed by atoms with Crippen molar-refractivity contribution in [3.8, 4) is 0 Å². The number of carbonyl (C=O) groups is 1. The van der Waals surface area contributed by atoms with E-state index in [2.05, 4.69) is 29.2 Å². The van der Waals surface area contributed by atoms with Gasteiger partial charge in [0.1, 0.15) is 6.54 Å². The standard InChI is InChI=1S/C18H23N3O3/c1-18(14-6-4-3-5-7-14)10-8-17(22)21(13-18)12-16-19-15(20-24-16)9-11-23-2/h3-7H,8-13H2,1-2H3/t18-/m0/s1. The van der Waals surface area contributed by atoms with E-state index in [-0.39, 0.29) is 11.3 Å². The number of ether oxygens (including phenoxy) is 1. The van der Waals surface area contributed by atoms with Crippen LogP contribution in [0.15, 0.2) is 34.9 Å². The van der Waals surface area contributed by atoms with Gasteiger partial charge in [-0.2, -0.15) is 4.98 Å². The highest BCUT2D eigenvalue weighted by molar-refractivity contribution is 5.77. The molecule has 3 rings (SSSR count). The van der Waals surface area contributed by atoms with Crippen LogP contribution in [0.3, 0.4) is 0 Å². The minimum atomic E-state index is -0.0475. The van der Waals surface area contributed by atoms with Crippen molar-refractivity contribution in [2.75, 3.05) is 20.3 Å². The highest BCUT2D eigenvalue weighted by atomic mass is 16.5. The van der Waals surface area contributed by atoms with Gasteiger partial charge in [-0.25, -0.2) is 0 Å². The van der Waals surface area contributed by atoms with Gasteiger partial charge in [0.2, 0.25) is 11.8 Å². The number of carbonyl (C=O) groups excluding carboxylic acids is 1. The lowest BCUT2D eigenvalue weighted by Crippen LogP contribution is -2.47. The zero-order chi connectivity index (χ0) is 17.0.